The molecule has 4 heteroatoms. The molecule has 100 valence electrons. The molecule has 3 rings (SSSR count). The van der Waals surface area contributed by atoms with Crippen LogP contribution in [0.1, 0.15) is 35.6 Å². The van der Waals surface area contributed by atoms with Crippen LogP contribution in [-0.4, -0.2) is 9.36 Å². The minimum Gasteiger partial charge on any atom is -0.393 e. The summed E-state index contributed by atoms with van der Waals surface area (Å²) >= 11 is 0. The molecule has 2 aromatic rings. The van der Waals surface area contributed by atoms with Crippen molar-refractivity contribution < 1.29 is 0 Å². The average Bonchev–Trinajstić information content (AvgIpc) is 3.18. The second-order valence-electron chi connectivity index (χ2n) is 5.39. The summed E-state index contributed by atoms with van der Waals surface area (Å²) in [6.45, 7) is 2.65. The Kier molecular flexibility index (Phi) is 2.73. The van der Waals surface area contributed by atoms with Crippen molar-refractivity contribution in [2.45, 2.75) is 32.2 Å². The first-order chi connectivity index (χ1) is 9.09. The quantitative estimate of drug-likeness (QED) is 0.914. The highest BCUT2D eigenvalue weighted by atomic mass is 16.1. The fourth-order valence-corrected chi connectivity index (χ4v) is 2.66. The van der Waals surface area contributed by atoms with Gasteiger partial charge < -0.3 is 5.73 Å². The minimum atomic E-state index is -0.0624. The summed E-state index contributed by atoms with van der Waals surface area (Å²) in [6.07, 6.45) is 2.29. The van der Waals surface area contributed by atoms with Gasteiger partial charge in [-0.15, -0.1) is 0 Å². The van der Waals surface area contributed by atoms with Crippen LogP contribution >= 0.6 is 0 Å². The first kappa shape index (κ1) is 12.1. The van der Waals surface area contributed by atoms with Crippen LogP contribution in [0.5, 0.6) is 0 Å². The van der Waals surface area contributed by atoms with Crippen LogP contribution in [-0.2, 0) is 13.6 Å². The Labute approximate surface area is 112 Å². The Hall–Kier alpha value is -1.97. The molecule has 1 aromatic heterocycles. The Morgan fingerprint density at radius 2 is 2.00 bits per heavy atom. The van der Waals surface area contributed by atoms with Crippen molar-refractivity contribution in [2.75, 3.05) is 5.73 Å². The van der Waals surface area contributed by atoms with E-state index in [2.05, 4.69) is 19.1 Å². The van der Waals surface area contributed by atoms with Gasteiger partial charge in [-0.3, -0.25) is 9.48 Å². The standard InChI is InChI=1S/C15H19N3O/c1-10-5-3-4-6-12(10)9-18-15(19)13(16)14(17(18)2)11-7-8-11/h3-6,11H,7-9,16H2,1-2H3. The Morgan fingerprint density at radius 1 is 1.32 bits per heavy atom. The summed E-state index contributed by atoms with van der Waals surface area (Å²) in [6, 6.07) is 8.13. The second kappa shape index (κ2) is 4.30. The predicted molar refractivity (Wildman–Crippen MR) is 76.3 cm³/mol. The first-order valence-electron chi connectivity index (χ1n) is 6.69. The van der Waals surface area contributed by atoms with Gasteiger partial charge in [-0.2, -0.15) is 0 Å². The third-order valence-electron chi connectivity index (χ3n) is 4.00. The van der Waals surface area contributed by atoms with E-state index in [9.17, 15) is 4.79 Å². The summed E-state index contributed by atoms with van der Waals surface area (Å²) < 4.78 is 3.69. The third kappa shape index (κ3) is 1.97. The average molecular weight is 257 g/mol. The molecule has 0 spiro atoms. The predicted octanol–water partition coefficient (Wildman–Crippen LogP) is 2.00. The number of rotatable bonds is 3. The number of hydrogen-bond donors (Lipinski definition) is 1. The van der Waals surface area contributed by atoms with Crippen LogP contribution in [0.4, 0.5) is 5.69 Å². The maximum atomic E-state index is 12.3. The normalized spacial score (nSPS) is 14.8. The van der Waals surface area contributed by atoms with E-state index in [1.165, 1.54) is 5.56 Å². The fraction of sp³-hybridized carbons (Fsp3) is 0.400. The van der Waals surface area contributed by atoms with Gasteiger partial charge in [0.05, 0.1) is 12.2 Å². The number of aromatic nitrogens is 2. The lowest BCUT2D eigenvalue weighted by Gasteiger charge is -2.11. The third-order valence-corrected chi connectivity index (χ3v) is 4.00. The fourth-order valence-electron chi connectivity index (χ4n) is 2.66. The van der Waals surface area contributed by atoms with Crippen molar-refractivity contribution in [2.24, 2.45) is 7.05 Å². The number of aryl methyl sites for hydroxylation is 1. The summed E-state index contributed by atoms with van der Waals surface area (Å²) in [5, 5.41) is 0. The molecule has 1 aromatic carbocycles. The molecule has 19 heavy (non-hydrogen) atoms. The maximum absolute atomic E-state index is 12.3. The number of hydrogen-bond acceptors (Lipinski definition) is 2. The Bertz CT molecular complexity index is 677. The van der Waals surface area contributed by atoms with E-state index < -0.39 is 0 Å². The number of anilines is 1. The van der Waals surface area contributed by atoms with E-state index in [1.54, 1.807) is 4.68 Å². The van der Waals surface area contributed by atoms with Gasteiger partial charge in [-0.1, -0.05) is 24.3 Å². The summed E-state index contributed by atoms with van der Waals surface area (Å²) in [4.78, 5) is 12.3. The van der Waals surface area contributed by atoms with Crippen molar-refractivity contribution in [3.05, 3.63) is 51.4 Å². The molecule has 0 aliphatic heterocycles. The molecule has 0 saturated heterocycles. The minimum absolute atomic E-state index is 0.0624. The van der Waals surface area contributed by atoms with Gasteiger partial charge in [0.1, 0.15) is 5.69 Å². The SMILES string of the molecule is Cc1ccccc1Cn1c(=O)c(N)c(C2CC2)n1C. The molecule has 1 heterocycles. The number of nitrogens with two attached hydrogens (primary N) is 1. The largest absolute Gasteiger partial charge is 0.393 e. The van der Waals surface area contributed by atoms with E-state index in [0.717, 1.165) is 24.1 Å². The molecule has 4 nitrogen and oxygen atoms in total. The monoisotopic (exact) mass is 257 g/mol. The van der Waals surface area contributed by atoms with E-state index in [-0.39, 0.29) is 5.56 Å². The van der Waals surface area contributed by atoms with Crippen LogP contribution in [0.15, 0.2) is 29.1 Å². The number of benzene rings is 1. The van der Waals surface area contributed by atoms with E-state index >= 15 is 0 Å². The molecule has 0 unspecified atom stereocenters. The lowest BCUT2D eigenvalue weighted by Crippen LogP contribution is -2.23. The zero-order valence-electron chi connectivity index (χ0n) is 11.4. The molecule has 1 aliphatic carbocycles. The molecule has 0 atom stereocenters. The van der Waals surface area contributed by atoms with Crippen molar-refractivity contribution >= 4 is 5.69 Å². The molecular weight excluding hydrogens is 238 g/mol. The molecule has 1 saturated carbocycles. The molecular formula is C15H19N3O. The van der Waals surface area contributed by atoms with E-state index in [1.807, 2.05) is 23.9 Å². The first-order valence-corrected chi connectivity index (χ1v) is 6.69. The van der Waals surface area contributed by atoms with Crippen LogP contribution in [0.2, 0.25) is 0 Å². The molecule has 0 radical (unpaired) electrons. The Balaban J connectivity index is 2.04. The highest BCUT2D eigenvalue weighted by Crippen LogP contribution is 2.41. The van der Waals surface area contributed by atoms with Gasteiger partial charge in [0.2, 0.25) is 0 Å². The van der Waals surface area contributed by atoms with E-state index in [0.29, 0.717) is 18.2 Å². The van der Waals surface area contributed by atoms with Crippen molar-refractivity contribution in [1.29, 1.82) is 0 Å². The van der Waals surface area contributed by atoms with Crippen molar-refractivity contribution in [3.63, 3.8) is 0 Å². The maximum Gasteiger partial charge on any atom is 0.290 e. The van der Waals surface area contributed by atoms with Gasteiger partial charge >= 0.3 is 0 Å². The Morgan fingerprint density at radius 3 is 2.63 bits per heavy atom. The van der Waals surface area contributed by atoms with Crippen molar-refractivity contribution in [1.82, 2.24) is 9.36 Å². The second-order valence-corrected chi connectivity index (χ2v) is 5.39. The smallest absolute Gasteiger partial charge is 0.290 e. The van der Waals surface area contributed by atoms with E-state index in [4.69, 9.17) is 5.73 Å². The molecule has 1 aliphatic rings. The summed E-state index contributed by atoms with van der Waals surface area (Å²) in [5.74, 6) is 0.482. The van der Waals surface area contributed by atoms with Crippen LogP contribution in [0.3, 0.4) is 0 Å². The van der Waals surface area contributed by atoms with Crippen LogP contribution in [0.25, 0.3) is 0 Å². The molecule has 0 bridgehead atoms. The highest BCUT2D eigenvalue weighted by Gasteiger charge is 2.31. The topological polar surface area (TPSA) is 52.9 Å². The zero-order chi connectivity index (χ0) is 13.6. The van der Waals surface area contributed by atoms with Gasteiger partial charge in [-0.25, -0.2) is 4.68 Å². The number of nitrogen functional groups attached to an aromatic ring is 1. The molecule has 1 fully saturated rings. The summed E-state index contributed by atoms with van der Waals surface area (Å²) in [5.41, 5.74) is 9.72. The van der Waals surface area contributed by atoms with Crippen molar-refractivity contribution in [3.8, 4) is 0 Å². The number of nitrogens with zero attached hydrogens (tertiary/aromatic N) is 2. The summed E-state index contributed by atoms with van der Waals surface area (Å²) in [7, 11) is 1.93. The van der Waals surface area contributed by atoms with Gasteiger partial charge in [0.15, 0.2) is 0 Å². The molecule has 0 amide bonds. The van der Waals surface area contributed by atoms with Crippen LogP contribution in [0, 0.1) is 6.92 Å². The van der Waals surface area contributed by atoms with Gasteiger partial charge in [-0.05, 0) is 30.9 Å². The zero-order valence-corrected chi connectivity index (χ0v) is 11.4. The lowest BCUT2D eigenvalue weighted by atomic mass is 10.1. The lowest BCUT2D eigenvalue weighted by molar-refractivity contribution is 0.517. The van der Waals surface area contributed by atoms with Crippen LogP contribution < -0.4 is 11.3 Å². The van der Waals surface area contributed by atoms with Gasteiger partial charge in [0, 0.05) is 13.0 Å². The highest BCUT2D eigenvalue weighted by molar-refractivity contribution is 5.45. The molecule has 2 N–H and O–H groups in total. The van der Waals surface area contributed by atoms with Gasteiger partial charge in [0.25, 0.3) is 5.56 Å².